The number of halogens is 1. The number of hydrogen-bond donors (Lipinski definition) is 1. The van der Waals surface area contributed by atoms with Crippen molar-refractivity contribution in [1.82, 2.24) is 0 Å². The maximum atomic E-state index is 12.0. The zero-order chi connectivity index (χ0) is 12.3. The molecule has 1 aromatic rings. The molecule has 1 N–H and O–H groups in total. The number of alkyl halides is 1. The third kappa shape index (κ3) is 3.01. The average molecular weight is 252 g/mol. The highest BCUT2D eigenvalue weighted by Gasteiger charge is 2.23. The van der Waals surface area contributed by atoms with Crippen LogP contribution in [0.15, 0.2) is 24.3 Å². The number of carbonyl (C=O) groups excluding carboxylic acids is 1. The molecule has 92 valence electrons. The van der Waals surface area contributed by atoms with Gasteiger partial charge in [0.15, 0.2) is 0 Å². The Morgan fingerprint density at radius 1 is 1.35 bits per heavy atom. The lowest BCUT2D eigenvalue weighted by Gasteiger charge is -2.15. The van der Waals surface area contributed by atoms with Crippen LogP contribution in [-0.4, -0.2) is 5.91 Å². The van der Waals surface area contributed by atoms with Crippen molar-refractivity contribution in [2.75, 3.05) is 5.32 Å². The van der Waals surface area contributed by atoms with Gasteiger partial charge in [-0.15, -0.1) is 11.6 Å². The van der Waals surface area contributed by atoms with E-state index in [4.69, 9.17) is 11.6 Å². The Bertz CT molecular complexity index is 397. The Hall–Kier alpha value is -1.02. The minimum atomic E-state index is -0.0879. The van der Waals surface area contributed by atoms with Crippen molar-refractivity contribution in [3.05, 3.63) is 29.8 Å². The summed E-state index contributed by atoms with van der Waals surface area (Å²) in [5, 5.41) is 2.92. The summed E-state index contributed by atoms with van der Waals surface area (Å²) in [6.07, 6.45) is 4.38. The maximum absolute atomic E-state index is 12.0. The number of carbonyl (C=O) groups is 1. The van der Waals surface area contributed by atoms with Crippen molar-refractivity contribution in [3.8, 4) is 0 Å². The molecule has 0 radical (unpaired) electrons. The molecule has 0 spiro atoms. The SMILES string of the molecule is CC(Cl)c1ccccc1NC(=O)C1CCCC1. The van der Waals surface area contributed by atoms with E-state index in [0.29, 0.717) is 0 Å². The minimum absolute atomic E-state index is 0.0879. The number of anilines is 1. The molecule has 0 heterocycles. The van der Waals surface area contributed by atoms with Gasteiger partial charge in [0.25, 0.3) is 0 Å². The van der Waals surface area contributed by atoms with E-state index >= 15 is 0 Å². The molecular weight excluding hydrogens is 234 g/mol. The van der Waals surface area contributed by atoms with Crippen LogP contribution < -0.4 is 5.32 Å². The Balaban J connectivity index is 2.09. The lowest BCUT2D eigenvalue weighted by Crippen LogP contribution is -2.21. The predicted octanol–water partition coefficient (Wildman–Crippen LogP) is 4.12. The molecule has 1 saturated carbocycles. The summed E-state index contributed by atoms with van der Waals surface area (Å²) in [4.78, 5) is 12.0. The van der Waals surface area contributed by atoms with Crippen LogP contribution in [0, 0.1) is 5.92 Å². The summed E-state index contributed by atoms with van der Waals surface area (Å²) in [5.41, 5.74) is 1.84. The van der Waals surface area contributed by atoms with Gasteiger partial charge in [0.05, 0.1) is 5.38 Å². The standard InChI is InChI=1S/C14H18ClNO/c1-10(15)12-8-4-5-9-13(12)16-14(17)11-6-2-3-7-11/h4-5,8-11H,2-3,6-7H2,1H3,(H,16,17). The van der Waals surface area contributed by atoms with Crippen LogP contribution >= 0.6 is 11.6 Å². The monoisotopic (exact) mass is 251 g/mol. The summed E-state index contributed by atoms with van der Waals surface area (Å²) >= 11 is 6.10. The first-order valence-corrected chi connectivity index (χ1v) is 6.66. The zero-order valence-corrected chi connectivity index (χ0v) is 10.8. The third-order valence-corrected chi connectivity index (χ3v) is 3.61. The number of rotatable bonds is 3. The maximum Gasteiger partial charge on any atom is 0.227 e. The van der Waals surface area contributed by atoms with E-state index in [-0.39, 0.29) is 17.2 Å². The quantitative estimate of drug-likeness (QED) is 0.805. The fourth-order valence-electron chi connectivity index (χ4n) is 2.38. The second kappa shape index (κ2) is 5.54. The normalized spacial score (nSPS) is 18.0. The smallest absolute Gasteiger partial charge is 0.227 e. The molecule has 0 saturated heterocycles. The van der Waals surface area contributed by atoms with E-state index in [2.05, 4.69) is 5.32 Å². The molecular formula is C14H18ClNO. The van der Waals surface area contributed by atoms with Gasteiger partial charge in [-0.2, -0.15) is 0 Å². The van der Waals surface area contributed by atoms with Crippen LogP contribution in [0.4, 0.5) is 5.69 Å². The Kier molecular flexibility index (Phi) is 4.06. The van der Waals surface area contributed by atoms with Crippen LogP contribution in [0.3, 0.4) is 0 Å². The first-order chi connectivity index (χ1) is 8.18. The van der Waals surface area contributed by atoms with Crippen molar-refractivity contribution in [2.24, 2.45) is 5.92 Å². The molecule has 1 amide bonds. The van der Waals surface area contributed by atoms with Gasteiger partial charge < -0.3 is 5.32 Å². The van der Waals surface area contributed by atoms with E-state index in [1.165, 1.54) is 12.8 Å². The van der Waals surface area contributed by atoms with E-state index < -0.39 is 0 Å². The van der Waals surface area contributed by atoms with Gasteiger partial charge in [-0.25, -0.2) is 0 Å². The van der Waals surface area contributed by atoms with Gasteiger partial charge >= 0.3 is 0 Å². The molecule has 1 aliphatic rings. The van der Waals surface area contributed by atoms with Crippen LogP contribution in [0.2, 0.25) is 0 Å². The molecule has 2 nitrogen and oxygen atoms in total. The molecule has 1 atom stereocenters. The van der Waals surface area contributed by atoms with Gasteiger partial charge in [-0.1, -0.05) is 31.0 Å². The fourth-order valence-corrected chi connectivity index (χ4v) is 2.57. The first-order valence-electron chi connectivity index (χ1n) is 6.22. The van der Waals surface area contributed by atoms with Crippen molar-refractivity contribution in [2.45, 2.75) is 38.0 Å². The van der Waals surface area contributed by atoms with E-state index in [0.717, 1.165) is 24.1 Å². The van der Waals surface area contributed by atoms with E-state index in [1.807, 2.05) is 31.2 Å². The highest BCUT2D eigenvalue weighted by Crippen LogP contribution is 2.30. The Morgan fingerprint density at radius 3 is 2.65 bits per heavy atom. The molecule has 0 bridgehead atoms. The van der Waals surface area contributed by atoms with Crippen LogP contribution in [0.5, 0.6) is 0 Å². The molecule has 0 aliphatic heterocycles. The molecule has 1 fully saturated rings. The van der Waals surface area contributed by atoms with Gasteiger partial charge in [-0.05, 0) is 31.4 Å². The van der Waals surface area contributed by atoms with Crippen molar-refractivity contribution < 1.29 is 4.79 Å². The summed E-state index contributed by atoms with van der Waals surface area (Å²) < 4.78 is 0. The molecule has 17 heavy (non-hydrogen) atoms. The Labute approximate surface area is 107 Å². The predicted molar refractivity (Wildman–Crippen MR) is 71.3 cm³/mol. The molecule has 1 aromatic carbocycles. The zero-order valence-electron chi connectivity index (χ0n) is 10.1. The van der Waals surface area contributed by atoms with Crippen molar-refractivity contribution in [3.63, 3.8) is 0 Å². The highest BCUT2D eigenvalue weighted by molar-refractivity contribution is 6.21. The number of nitrogens with one attached hydrogen (secondary N) is 1. The average Bonchev–Trinajstić information content (AvgIpc) is 2.83. The molecule has 1 unspecified atom stereocenters. The van der Waals surface area contributed by atoms with Crippen LogP contribution in [0.25, 0.3) is 0 Å². The van der Waals surface area contributed by atoms with E-state index in [1.54, 1.807) is 0 Å². The summed E-state index contributed by atoms with van der Waals surface area (Å²) in [6, 6.07) is 7.75. The summed E-state index contributed by atoms with van der Waals surface area (Å²) in [5.74, 6) is 0.334. The van der Waals surface area contributed by atoms with E-state index in [9.17, 15) is 4.79 Å². The summed E-state index contributed by atoms with van der Waals surface area (Å²) in [7, 11) is 0. The number of para-hydroxylation sites is 1. The summed E-state index contributed by atoms with van der Waals surface area (Å²) in [6.45, 7) is 1.92. The fraction of sp³-hybridized carbons (Fsp3) is 0.500. The number of hydrogen-bond acceptors (Lipinski definition) is 1. The minimum Gasteiger partial charge on any atom is -0.326 e. The van der Waals surface area contributed by atoms with Gasteiger partial charge in [0, 0.05) is 11.6 Å². The molecule has 2 rings (SSSR count). The molecule has 0 aromatic heterocycles. The van der Waals surface area contributed by atoms with Crippen molar-refractivity contribution >= 4 is 23.2 Å². The number of benzene rings is 1. The van der Waals surface area contributed by atoms with Crippen LogP contribution in [-0.2, 0) is 4.79 Å². The highest BCUT2D eigenvalue weighted by atomic mass is 35.5. The van der Waals surface area contributed by atoms with Crippen LogP contribution in [0.1, 0.15) is 43.5 Å². The largest absolute Gasteiger partial charge is 0.326 e. The second-order valence-corrected chi connectivity index (χ2v) is 5.33. The molecule has 1 aliphatic carbocycles. The van der Waals surface area contributed by atoms with Gasteiger partial charge in [0.1, 0.15) is 0 Å². The molecule has 3 heteroatoms. The van der Waals surface area contributed by atoms with Gasteiger partial charge in [0.2, 0.25) is 5.91 Å². The number of amides is 1. The lowest BCUT2D eigenvalue weighted by atomic mass is 10.1. The van der Waals surface area contributed by atoms with Gasteiger partial charge in [-0.3, -0.25) is 4.79 Å². The van der Waals surface area contributed by atoms with Crippen molar-refractivity contribution in [1.29, 1.82) is 0 Å². The topological polar surface area (TPSA) is 29.1 Å². The third-order valence-electron chi connectivity index (χ3n) is 3.37. The lowest BCUT2D eigenvalue weighted by molar-refractivity contribution is -0.119. The Morgan fingerprint density at radius 2 is 2.00 bits per heavy atom. The first kappa shape index (κ1) is 12.4. The second-order valence-electron chi connectivity index (χ2n) is 4.67.